The molecule has 0 saturated carbocycles. The predicted octanol–water partition coefficient (Wildman–Crippen LogP) is 3.90. The Morgan fingerprint density at radius 1 is 1.20 bits per heavy atom. The van der Waals surface area contributed by atoms with Gasteiger partial charge < -0.3 is 14.2 Å². The first-order valence-electron chi connectivity index (χ1n) is 11.9. The van der Waals surface area contributed by atoms with E-state index >= 15 is 0 Å². The van der Waals surface area contributed by atoms with Crippen molar-refractivity contribution in [1.82, 2.24) is 14.5 Å². The summed E-state index contributed by atoms with van der Waals surface area (Å²) in [6.45, 7) is 5.73. The molecule has 0 bridgehead atoms. The lowest BCUT2D eigenvalue weighted by Crippen LogP contribution is -2.62. The molecule has 35 heavy (non-hydrogen) atoms. The van der Waals surface area contributed by atoms with Crippen LogP contribution >= 0.6 is 0 Å². The van der Waals surface area contributed by atoms with Crippen molar-refractivity contribution in [2.75, 3.05) is 24.6 Å². The Morgan fingerprint density at radius 3 is 2.69 bits per heavy atom. The third kappa shape index (κ3) is 3.73. The van der Waals surface area contributed by atoms with Crippen LogP contribution in [0.1, 0.15) is 44.0 Å². The predicted molar refractivity (Wildman–Crippen MR) is 129 cm³/mol. The number of aromatic nitrogens is 2. The Balaban J connectivity index is 1.58. The summed E-state index contributed by atoms with van der Waals surface area (Å²) >= 11 is 0. The number of pyridine rings is 2. The summed E-state index contributed by atoms with van der Waals surface area (Å²) < 4.78 is 35.2. The molecular weight excluding hydrogens is 452 g/mol. The molecule has 182 valence electrons. The second-order valence-electron chi connectivity index (χ2n) is 9.19. The molecule has 0 amide bonds. The van der Waals surface area contributed by atoms with Crippen LogP contribution in [0.25, 0.3) is 11.0 Å². The number of anilines is 1. The van der Waals surface area contributed by atoms with Gasteiger partial charge in [0.05, 0.1) is 11.6 Å². The van der Waals surface area contributed by atoms with Gasteiger partial charge in [0.15, 0.2) is 11.6 Å². The molecule has 0 aliphatic carbocycles. The average Bonchev–Trinajstić information content (AvgIpc) is 2.88. The van der Waals surface area contributed by atoms with Gasteiger partial charge in [0.1, 0.15) is 29.6 Å². The van der Waals surface area contributed by atoms with E-state index in [0.717, 1.165) is 18.4 Å². The van der Waals surface area contributed by atoms with Crippen molar-refractivity contribution in [2.24, 2.45) is 7.05 Å². The highest BCUT2D eigenvalue weighted by Gasteiger charge is 2.42. The molecule has 0 N–H and O–H groups in total. The fourth-order valence-electron chi connectivity index (χ4n) is 5.52. The van der Waals surface area contributed by atoms with Gasteiger partial charge in [0, 0.05) is 32.2 Å². The van der Waals surface area contributed by atoms with Crippen LogP contribution in [0.15, 0.2) is 35.1 Å². The van der Waals surface area contributed by atoms with Crippen molar-refractivity contribution in [1.29, 1.82) is 5.26 Å². The van der Waals surface area contributed by atoms with Gasteiger partial charge in [-0.15, -0.1) is 0 Å². The monoisotopic (exact) mass is 479 g/mol. The van der Waals surface area contributed by atoms with Crippen molar-refractivity contribution >= 4 is 16.7 Å². The van der Waals surface area contributed by atoms with Gasteiger partial charge in [-0.25, -0.2) is 13.8 Å². The van der Waals surface area contributed by atoms with E-state index in [0.29, 0.717) is 36.4 Å². The molecule has 2 aliphatic rings. The minimum Gasteiger partial charge on any atom is -0.484 e. The number of ether oxygens (including phenoxy) is 1. The second-order valence-corrected chi connectivity index (χ2v) is 9.19. The lowest BCUT2D eigenvalue weighted by Gasteiger charge is -2.51. The molecule has 2 aliphatic heterocycles. The molecule has 3 aromatic rings. The SMILES string of the molecule is CCC(c1ccc(F)c(F)c1)N1C[C@H]2COc3c(c4nc(C#N)ccc4n(C)c3=O)N2C[C@H]1CC. The van der Waals surface area contributed by atoms with Crippen LogP contribution in [0.3, 0.4) is 0 Å². The molecule has 0 radical (unpaired) electrons. The van der Waals surface area contributed by atoms with Crippen LogP contribution in [-0.4, -0.2) is 46.2 Å². The lowest BCUT2D eigenvalue weighted by molar-refractivity contribution is 0.0718. The highest BCUT2D eigenvalue weighted by Crippen LogP contribution is 2.41. The maximum atomic E-state index is 14.1. The number of nitrogens with zero attached hydrogens (tertiary/aromatic N) is 5. The number of piperazine rings is 1. The maximum absolute atomic E-state index is 14.1. The number of halogens is 2. The number of fused-ring (bicyclic) bond motifs is 5. The summed E-state index contributed by atoms with van der Waals surface area (Å²) in [5.41, 5.74) is 2.63. The van der Waals surface area contributed by atoms with Crippen LogP contribution in [-0.2, 0) is 7.05 Å². The van der Waals surface area contributed by atoms with Crippen LogP contribution < -0.4 is 15.2 Å². The Kier molecular flexibility index (Phi) is 5.93. The van der Waals surface area contributed by atoms with Gasteiger partial charge in [-0.2, -0.15) is 5.26 Å². The summed E-state index contributed by atoms with van der Waals surface area (Å²) in [6.07, 6.45) is 1.57. The van der Waals surface area contributed by atoms with Crippen molar-refractivity contribution in [3.63, 3.8) is 0 Å². The summed E-state index contributed by atoms with van der Waals surface area (Å²) in [4.78, 5) is 22.2. The lowest BCUT2D eigenvalue weighted by atomic mass is 9.94. The topological polar surface area (TPSA) is 74.4 Å². The van der Waals surface area contributed by atoms with E-state index in [-0.39, 0.29) is 35.1 Å². The van der Waals surface area contributed by atoms with Gasteiger partial charge in [0.2, 0.25) is 5.75 Å². The first-order valence-corrected chi connectivity index (χ1v) is 11.9. The third-order valence-corrected chi connectivity index (χ3v) is 7.32. The maximum Gasteiger partial charge on any atom is 0.295 e. The molecule has 1 aromatic carbocycles. The third-order valence-electron chi connectivity index (χ3n) is 7.32. The second kappa shape index (κ2) is 8.93. The standard InChI is InChI=1S/C26H27F2N5O2/c1-4-17-12-33-18(13-32(17)21(5-2)15-6-8-19(27)20(28)10-15)14-35-25-24(33)23-22(31(3)26(25)34)9-7-16(11-29)30-23/h6-10,17-18,21H,4-5,12-14H2,1-3H3/t17-,18+,21?/m1/s1. The van der Waals surface area contributed by atoms with Gasteiger partial charge in [-0.05, 0) is 42.7 Å². The number of hydrogen-bond acceptors (Lipinski definition) is 6. The molecule has 5 rings (SSSR count). The van der Waals surface area contributed by atoms with Crippen molar-refractivity contribution in [3.05, 3.63) is 63.6 Å². The number of hydrogen-bond donors (Lipinski definition) is 0. The normalized spacial score (nSPS) is 20.6. The molecule has 2 aromatic heterocycles. The van der Waals surface area contributed by atoms with E-state index < -0.39 is 11.6 Å². The van der Waals surface area contributed by atoms with Gasteiger partial charge in [0.25, 0.3) is 5.56 Å². The molecule has 9 heteroatoms. The van der Waals surface area contributed by atoms with E-state index in [1.165, 1.54) is 16.7 Å². The highest BCUT2D eigenvalue weighted by molar-refractivity contribution is 5.93. The molecule has 1 saturated heterocycles. The highest BCUT2D eigenvalue weighted by atomic mass is 19.2. The first-order chi connectivity index (χ1) is 16.9. The Hall–Kier alpha value is -3.51. The van der Waals surface area contributed by atoms with Crippen molar-refractivity contribution in [2.45, 2.75) is 44.8 Å². The Labute approximate surface area is 202 Å². The zero-order chi connectivity index (χ0) is 24.9. The molecule has 7 nitrogen and oxygen atoms in total. The number of benzene rings is 1. The summed E-state index contributed by atoms with van der Waals surface area (Å²) in [7, 11) is 1.68. The summed E-state index contributed by atoms with van der Waals surface area (Å²) in [5.74, 6) is -1.44. The number of nitriles is 1. The van der Waals surface area contributed by atoms with Crippen LogP contribution in [0.5, 0.6) is 5.75 Å². The molecule has 0 spiro atoms. The Bertz CT molecular complexity index is 1400. The molecule has 3 atom stereocenters. The van der Waals surface area contributed by atoms with Crippen molar-refractivity contribution < 1.29 is 13.5 Å². The Morgan fingerprint density at radius 2 is 2.00 bits per heavy atom. The van der Waals surface area contributed by atoms with Crippen molar-refractivity contribution in [3.8, 4) is 11.8 Å². The van der Waals surface area contributed by atoms with Crippen LogP contribution in [0, 0.1) is 23.0 Å². The van der Waals surface area contributed by atoms with Gasteiger partial charge in [-0.1, -0.05) is 19.9 Å². The summed E-state index contributed by atoms with van der Waals surface area (Å²) in [5, 5.41) is 9.42. The number of rotatable bonds is 4. The minimum atomic E-state index is -0.851. The van der Waals surface area contributed by atoms with Gasteiger partial charge in [-0.3, -0.25) is 9.69 Å². The summed E-state index contributed by atoms with van der Waals surface area (Å²) in [6, 6.07) is 9.53. The molecule has 1 fully saturated rings. The van der Waals surface area contributed by atoms with E-state index in [1.807, 2.05) is 6.92 Å². The minimum absolute atomic E-state index is 0.0625. The largest absolute Gasteiger partial charge is 0.484 e. The van der Waals surface area contributed by atoms with Crippen LogP contribution in [0.2, 0.25) is 0 Å². The van der Waals surface area contributed by atoms with Gasteiger partial charge >= 0.3 is 0 Å². The fraction of sp³-hybridized carbons (Fsp3) is 0.423. The smallest absolute Gasteiger partial charge is 0.295 e. The molecule has 1 unspecified atom stereocenters. The molecular formula is C26H27F2N5O2. The number of aryl methyl sites for hydroxylation is 1. The van der Waals surface area contributed by atoms with E-state index in [4.69, 9.17) is 4.74 Å². The molecule has 4 heterocycles. The van der Waals surface area contributed by atoms with E-state index in [2.05, 4.69) is 27.8 Å². The fourth-order valence-corrected chi connectivity index (χ4v) is 5.52. The zero-order valence-electron chi connectivity index (χ0n) is 20.0. The van der Waals surface area contributed by atoms with E-state index in [1.54, 1.807) is 25.2 Å². The average molecular weight is 480 g/mol. The van der Waals surface area contributed by atoms with E-state index in [9.17, 15) is 18.8 Å². The first kappa shape index (κ1) is 23.2. The quantitative estimate of drug-likeness (QED) is 0.565. The van der Waals surface area contributed by atoms with Crippen LogP contribution in [0.4, 0.5) is 14.5 Å². The zero-order valence-corrected chi connectivity index (χ0v) is 20.0.